The van der Waals surface area contributed by atoms with E-state index in [1.807, 2.05) is 0 Å². The first-order valence-corrected chi connectivity index (χ1v) is 5.75. The lowest BCUT2D eigenvalue weighted by molar-refractivity contribution is 0.0697. The third-order valence-corrected chi connectivity index (χ3v) is 2.72. The van der Waals surface area contributed by atoms with Crippen LogP contribution in [0.5, 0.6) is 5.75 Å². The summed E-state index contributed by atoms with van der Waals surface area (Å²) in [5, 5.41) is 11.6. The number of aromatic carboxylic acids is 1. The predicted octanol–water partition coefficient (Wildman–Crippen LogP) is 3.55. The molecule has 0 spiro atoms. The second-order valence-electron chi connectivity index (χ2n) is 4.09. The van der Waals surface area contributed by atoms with Gasteiger partial charge in [0.25, 0.3) is 0 Å². The average molecular weight is 297 g/mol. The Morgan fingerprint density at radius 3 is 2.38 bits per heavy atom. The van der Waals surface area contributed by atoms with Crippen molar-refractivity contribution in [1.29, 1.82) is 0 Å². The standard InChI is InChI=1S/C14H10F3NO3/c1-21-13-4-7(15)2-3-11(13)18-12-6-10(17)9(16)5-8(12)14(19)20/h2-6,18H,1H3,(H,19,20). The van der Waals surface area contributed by atoms with Crippen LogP contribution in [0.4, 0.5) is 24.5 Å². The first kappa shape index (κ1) is 14.7. The first-order chi connectivity index (χ1) is 9.92. The number of nitrogens with one attached hydrogen (secondary N) is 1. The summed E-state index contributed by atoms with van der Waals surface area (Å²) in [5.41, 5.74) is -0.418. The van der Waals surface area contributed by atoms with E-state index in [-0.39, 0.29) is 17.1 Å². The van der Waals surface area contributed by atoms with Crippen molar-refractivity contribution < 1.29 is 27.8 Å². The zero-order valence-corrected chi connectivity index (χ0v) is 10.8. The highest BCUT2D eigenvalue weighted by Gasteiger charge is 2.16. The summed E-state index contributed by atoms with van der Waals surface area (Å²) in [4.78, 5) is 11.1. The van der Waals surface area contributed by atoms with Gasteiger partial charge < -0.3 is 15.2 Å². The fourth-order valence-electron chi connectivity index (χ4n) is 1.74. The normalized spacial score (nSPS) is 10.3. The monoisotopic (exact) mass is 297 g/mol. The summed E-state index contributed by atoms with van der Waals surface area (Å²) in [7, 11) is 1.29. The Balaban J connectivity index is 2.48. The van der Waals surface area contributed by atoms with E-state index < -0.39 is 29.0 Å². The van der Waals surface area contributed by atoms with Gasteiger partial charge in [-0.15, -0.1) is 0 Å². The van der Waals surface area contributed by atoms with Gasteiger partial charge in [0.15, 0.2) is 11.6 Å². The van der Waals surface area contributed by atoms with Gasteiger partial charge in [0, 0.05) is 12.1 Å². The number of halogens is 3. The SMILES string of the molecule is COc1cc(F)ccc1Nc1cc(F)c(F)cc1C(=O)O. The van der Waals surface area contributed by atoms with Gasteiger partial charge in [-0.2, -0.15) is 0 Å². The molecule has 0 unspecified atom stereocenters. The van der Waals surface area contributed by atoms with Crippen LogP contribution in [-0.4, -0.2) is 18.2 Å². The summed E-state index contributed by atoms with van der Waals surface area (Å²) < 4.78 is 44.4. The second-order valence-corrected chi connectivity index (χ2v) is 4.09. The van der Waals surface area contributed by atoms with Gasteiger partial charge in [-0.1, -0.05) is 0 Å². The van der Waals surface area contributed by atoms with E-state index in [0.717, 1.165) is 12.1 Å². The maximum absolute atomic E-state index is 13.3. The van der Waals surface area contributed by atoms with Crippen LogP contribution >= 0.6 is 0 Å². The second kappa shape index (κ2) is 5.74. The number of ether oxygens (including phenoxy) is 1. The van der Waals surface area contributed by atoms with Crippen molar-refractivity contribution >= 4 is 17.3 Å². The van der Waals surface area contributed by atoms with E-state index in [1.54, 1.807) is 0 Å². The lowest BCUT2D eigenvalue weighted by Gasteiger charge is -2.13. The van der Waals surface area contributed by atoms with E-state index in [9.17, 15) is 18.0 Å². The summed E-state index contributed by atoms with van der Waals surface area (Å²) in [6.45, 7) is 0. The number of hydrogen-bond donors (Lipinski definition) is 2. The third kappa shape index (κ3) is 3.07. The molecule has 0 aliphatic heterocycles. The maximum atomic E-state index is 13.3. The van der Waals surface area contributed by atoms with Crippen molar-refractivity contribution in [1.82, 2.24) is 0 Å². The highest BCUT2D eigenvalue weighted by Crippen LogP contribution is 2.30. The number of carboxylic acids is 1. The molecule has 110 valence electrons. The molecule has 0 amide bonds. The Morgan fingerprint density at radius 1 is 1.10 bits per heavy atom. The minimum atomic E-state index is -1.43. The fraction of sp³-hybridized carbons (Fsp3) is 0.0714. The van der Waals surface area contributed by atoms with Crippen LogP contribution in [0.1, 0.15) is 10.4 Å². The number of hydrogen-bond acceptors (Lipinski definition) is 3. The van der Waals surface area contributed by atoms with Crippen molar-refractivity contribution in [2.75, 3.05) is 12.4 Å². The molecule has 0 saturated heterocycles. The minimum Gasteiger partial charge on any atom is -0.494 e. The summed E-state index contributed by atoms with van der Waals surface area (Å²) in [6.07, 6.45) is 0. The Kier molecular flexibility index (Phi) is 4.02. The average Bonchev–Trinajstić information content (AvgIpc) is 2.44. The van der Waals surface area contributed by atoms with E-state index in [4.69, 9.17) is 9.84 Å². The first-order valence-electron chi connectivity index (χ1n) is 5.75. The molecular formula is C14H10F3NO3. The molecule has 4 nitrogen and oxygen atoms in total. The van der Waals surface area contributed by atoms with Gasteiger partial charge in [-0.25, -0.2) is 18.0 Å². The molecular weight excluding hydrogens is 287 g/mol. The van der Waals surface area contributed by atoms with Crippen LogP contribution in [0.25, 0.3) is 0 Å². The van der Waals surface area contributed by atoms with Gasteiger partial charge in [-0.3, -0.25) is 0 Å². The summed E-state index contributed by atoms with van der Waals surface area (Å²) in [6, 6.07) is 4.76. The minimum absolute atomic E-state index is 0.0936. The van der Waals surface area contributed by atoms with E-state index in [1.165, 1.54) is 13.2 Å². The molecule has 0 saturated carbocycles. The van der Waals surface area contributed by atoms with Crippen molar-refractivity contribution in [3.8, 4) is 5.75 Å². The topological polar surface area (TPSA) is 58.6 Å². The molecule has 2 aromatic rings. The van der Waals surface area contributed by atoms with Gasteiger partial charge in [0.05, 0.1) is 24.0 Å². The Labute approximate surface area is 117 Å². The molecule has 2 rings (SSSR count). The van der Waals surface area contributed by atoms with Crippen molar-refractivity contribution in [3.63, 3.8) is 0 Å². The molecule has 21 heavy (non-hydrogen) atoms. The molecule has 2 aromatic carbocycles. The predicted molar refractivity (Wildman–Crippen MR) is 69.6 cm³/mol. The fourth-order valence-corrected chi connectivity index (χ4v) is 1.74. The van der Waals surface area contributed by atoms with E-state index >= 15 is 0 Å². The molecule has 0 aliphatic carbocycles. The van der Waals surface area contributed by atoms with E-state index in [0.29, 0.717) is 12.1 Å². The summed E-state index contributed by atoms with van der Waals surface area (Å²) >= 11 is 0. The molecule has 0 aliphatic rings. The van der Waals surface area contributed by atoms with Gasteiger partial charge in [-0.05, 0) is 18.2 Å². The number of carboxylic acid groups (broad SMARTS) is 1. The number of carbonyl (C=O) groups is 1. The Morgan fingerprint density at radius 2 is 1.76 bits per heavy atom. The van der Waals surface area contributed by atoms with Crippen LogP contribution in [0.3, 0.4) is 0 Å². The van der Waals surface area contributed by atoms with Crippen LogP contribution in [0, 0.1) is 17.5 Å². The molecule has 0 aromatic heterocycles. The van der Waals surface area contributed by atoms with Gasteiger partial charge in [0.2, 0.25) is 0 Å². The number of methoxy groups -OCH3 is 1. The maximum Gasteiger partial charge on any atom is 0.337 e. The molecule has 0 bridgehead atoms. The van der Waals surface area contributed by atoms with Crippen LogP contribution in [0.15, 0.2) is 30.3 Å². The van der Waals surface area contributed by atoms with Crippen molar-refractivity contribution in [2.24, 2.45) is 0 Å². The highest BCUT2D eigenvalue weighted by molar-refractivity contribution is 5.95. The van der Waals surface area contributed by atoms with Gasteiger partial charge >= 0.3 is 5.97 Å². The zero-order valence-electron chi connectivity index (χ0n) is 10.8. The lowest BCUT2D eigenvalue weighted by atomic mass is 10.1. The largest absolute Gasteiger partial charge is 0.494 e. The number of rotatable bonds is 4. The Hall–Kier alpha value is -2.70. The van der Waals surface area contributed by atoms with Crippen molar-refractivity contribution in [2.45, 2.75) is 0 Å². The zero-order chi connectivity index (χ0) is 15.6. The third-order valence-electron chi connectivity index (χ3n) is 2.72. The van der Waals surface area contributed by atoms with Crippen LogP contribution in [0.2, 0.25) is 0 Å². The van der Waals surface area contributed by atoms with Crippen LogP contribution < -0.4 is 10.1 Å². The van der Waals surface area contributed by atoms with Crippen LogP contribution in [-0.2, 0) is 0 Å². The highest BCUT2D eigenvalue weighted by atomic mass is 19.2. The molecule has 7 heteroatoms. The molecule has 0 heterocycles. The number of anilines is 2. The molecule has 0 atom stereocenters. The molecule has 0 radical (unpaired) electrons. The number of benzene rings is 2. The Bertz CT molecular complexity index is 704. The smallest absolute Gasteiger partial charge is 0.337 e. The quantitative estimate of drug-likeness (QED) is 0.906. The van der Waals surface area contributed by atoms with E-state index in [2.05, 4.69) is 5.32 Å². The molecule has 2 N–H and O–H groups in total. The van der Waals surface area contributed by atoms with Crippen molar-refractivity contribution in [3.05, 3.63) is 53.3 Å². The lowest BCUT2D eigenvalue weighted by Crippen LogP contribution is -2.05. The molecule has 0 fully saturated rings. The summed E-state index contributed by atoms with van der Waals surface area (Å²) in [5.74, 6) is -4.37. The van der Waals surface area contributed by atoms with Gasteiger partial charge in [0.1, 0.15) is 11.6 Å².